The van der Waals surface area contributed by atoms with Crippen molar-refractivity contribution in [3.8, 4) is 6.07 Å². The zero-order valence-corrected chi connectivity index (χ0v) is 16.0. The average Bonchev–Trinajstić information content (AvgIpc) is 2.62. The second-order valence-corrected chi connectivity index (χ2v) is 7.10. The summed E-state index contributed by atoms with van der Waals surface area (Å²) in [6.07, 6.45) is 0. The first-order valence-electron chi connectivity index (χ1n) is 8.56. The number of nitrogens with zero attached hydrogens (tertiary/aromatic N) is 2. The molecule has 27 heavy (non-hydrogen) atoms. The number of benzene rings is 1. The molecule has 0 bridgehead atoms. The van der Waals surface area contributed by atoms with Gasteiger partial charge in [-0.1, -0.05) is 11.6 Å². The van der Waals surface area contributed by atoms with E-state index in [4.69, 9.17) is 11.6 Å². The van der Waals surface area contributed by atoms with Crippen molar-refractivity contribution in [1.82, 2.24) is 9.55 Å². The van der Waals surface area contributed by atoms with Crippen LogP contribution in [-0.4, -0.2) is 9.55 Å². The summed E-state index contributed by atoms with van der Waals surface area (Å²) >= 11 is 6.04. The van der Waals surface area contributed by atoms with Crippen molar-refractivity contribution in [1.29, 1.82) is 5.26 Å². The Kier molecular flexibility index (Phi) is 5.06. The minimum atomic E-state index is -0.418. The number of hydrogen-bond donors (Lipinski definition) is 2. The van der Waals surface area contributed by atoms with Gasteiger partial charge in [0.25, 0.3) is 11.1 Å². The molecule has 1 aromatic carbocycles. The van der Waals surface area contributed by atoms with Crippen molar-refractivity contribution in [3.05, 3.63) is 73.4 Å². The van der Waals surface area contributed by atoms with E-state index in [0.717, 1.165) is 5.39 Å². The Morgan fingerprint density at radius 3 is 2.56 bits per heavy atom. The third-order valence-electron chi connectivity index (χ3n) is 4.42. The topological polar surface area (TPSA) is 90.7 Å². The lowest BCUT2D eigenvalue weighted by Crippen LogP contribution is -2.28. The molecule has 6 nitrogen and oxygen atoms in total. The van der Waals surface area contributed by atoms with Gasteiger partial charge in [-0.2, -0.15) is 5.26 Å². The van der Waals surface area contributed by atoms with Gasteiger partial charge in [0.2, 0.25) is 0 Å². The number of halogens is 1. The molecule has 0 saturated heterocycles. The molecule has 0 radical (unpaired) electrons. The van der Waals surface area contributed by atoms with Crippen LogP contribution in [0.25, 0.3) is 10.9 Å². The van der Waals surface area contributed by atoms with Crippen molar-refractivity contribution in [2.24, 2.45) is 0 Å². The zero-order valence-electron chi connectivity index (χ0n) is 15.2. The fourth-order valence-corrected chi connectivity index (χ4v) is 3.27. The number of aromatic amines is 1. The number of fused-ring (bicyclic) bond motifs is 1. The molecule has 0 aliphatic heterocycles. The van der Waals surface area contributed by atoms with E-state index < -0.39 is 6.04 Å². The van der Waals surface area contributed by atoms with Crippen molar-refractivity contribution < 1.29 is 0 Å². The number of H-pyrrole nitrogens is 1. The predicted octanol–water partition coefficient (Wildman–Crippen LogP) is 3.97. The third-order valence-corrected chi connectivity index (χ3v) is 4.66. The van der Waals surface area contributed by atoms with E-state index in [0.29, 0.717) is 27.5 Å². The Labute approximate surface area is 161 Å². The van der Waals surface area contributed by atoms with Gasteiger partial charge in [0.15, 0.2) is 0 Å². The van der Waals surface area contributed by atoms with Gasteiger partial charge in [0.05, 0.1) is 6.04 Å². The molecule has 0 fully saturated rings. The average molecular weight is 383 g/mol. The Morgan fingerprint density at radius 1 is 1.15 bits per heavy atom. The Balaban J connectivity index is 2.02. The summed E-state index contributed by atoms with van der Waals surface area (Å²) < 4.78 is 1.43. The molecule has 3 aromatic rings. The normalized spacial score (nSPS) is 12.1. The van der Waals surface area contributed by atoms with Crippen molar-refractivity contribution >= 4 is 28.2 Å². The summed E-state index contributed by atoms with van der Waals surface area (Å²) in [5, 5.41) is 13.7. The smallest absolute Gasteiger partial charge is 0.275 e. The van der Waals surface area contributed by atoms with Gasteiger partial charge in [-0.05, 0) is 57.2 Å². The highest BCUT2D eigenvalue weighted by molar-refractivity contribution is 6.31. The molecule has 2 aromatic heterocycles. The van der Waals surface area contributed by atoms with E-state index in [1.807, 2.05) is 19.9 Å². The lowest BCUT2D eigenvalue weighted by atomic mass is 10.1. The summed E-state index contributed by atoms with van der Waals surface area (Å²) in [5.41, 5.74) is 1.29. The van der Waals surface area contributed by atoms with Crippen LogP contribution in [0.15, 0.2) is 46.0 Å². The van der Waals surface area contributed by atoms with Crippen molar-refractivity contribution in [2.75, 3.05) is 5.32 Å². The lowest BCUT2D eigenvalue weighted by Gasteiger charge is -2.18. The summed E-state index contributed by atoms with van der Waals surface area (Å²) in [4.78, 5) is 28.0. The SMILES string of the molecule is CC(Nc1ccc(C#N)n(C(C)C)c1=O)c1cc2cc(Cl)ccc2[nH]c1=O. The van der Waals surface area contributed by atoms with Crippen LogP contribution in [0.5, 0.6) is 0 Å². The monoisotopic (exact) mass is 382 g/mol. The molecule has 0 aliphatic rings. The number of aromatic nitrogens is 2. The first kappa shape index (κ1) is 18.7. The number of nitrogens with one attached hydrogen (secondary N) is 2. The maximum Gasteiger partial charge on any atom is 0.275 e. The molecule has 7 heteroatoms. The van der Waals surface area contributed by atoms with Crippen LogP contribution in [0.2, 0.25) is 5.02 Å². The molecule has 1 atom stereocenters. The second kappa shape index (κ2) is 7.29. The number of pyridine rings is 2. The summed E-state index contributed by atoms with van der Waals surface area (Å²) in [6, 6.07) is 11.6. The molecule has 0 aliphatic carbocycles. The highest BCUT2D eigenvalue weighted by Crippen LogP contribution is 2.21. The van der Waals surface area contributed by atoms with Crippen LogP contribution in [-0.2, 0) is 0 Å². The number of rotatable bonds is 4. The van der Waals surface area contributed by atoms with Crippen LogP contribution >= 0.6 is 11.6 Å². The third kappa shape index (κ3) is 3.60. The first-order chi connectivity index (χ1) is 12.8. The standard InChI is InChI=1S/C20H19ClN4O2/c1-11(2)25-15(10-22)5-7-18(20(25)27)23-12(3)16-9-13-8-14(21)4-6-17(13)24-19(16)26/h4-9,11-12,23H,1-3H3,(H,24,26). The van der Waals surface area contributed by atoms with E-state index >= 15 is 0 Å². The highest BCUT2D eigenvalue weighted by Gasteiger charge is 2.16. The van der Waals surface area contributed by atoms with Crippen LogP contribution < -0.4 is 16.4 Å². The zero-order chi connectivity index (χ0) is 19.7. The molecular weight excluding hydrogens is 364 g/mol. The fourth-order valence-electron chi connectivity index (χ4n) is 3.09. The summed E-state index contributed by atoms with van der Waals surface area (Å²) in [6.45, 7) is 5.48. The number of nitriles is 1. The van der Waals surface area contributed by atoms with E-state index in [-0.39, 0.29) is 17.2 Å². The van der Waals surface area contributed by atoms with Crippen LogP contribution in [0, 0.1) is 11.3 Å². The predicted molar refractivity (Wildman–Crippen MR) is 107 cm³/mol. The molecule has 2 N–H and O–H groups in total. The van der Waals surface area contributed by atoms with Crippen LogP contribution in [0.3, 0.4) is 0 Å². The minimum Gasteiger partial charge on any atom is -0.374 e. The summed E-state index contributed by atoms with van der Waals surface area (Å²) in [7, 11) is 0. The maximum atomic E-state index is 12.7. The van der Waals surface area contributed by atoms with Gasteiger partial charge in [-0.25, -0.2) is 0 Å². The molecule has 1 unspecified atom stereocenters. The Hall–Kier alpha value is -3.04. The Morgan fingerprint density at radius 2 is 1.89 bits per heavy atom. The molecule has 0 spiro atoms. The van der Waals surface area contributed by atoms with Gasteiger partial charge in [0.1, 0.15) is 17.5 Å². The largest absolute Gasteiger partial charge is 0.374 e. The van der Waals surface area contributed by atoms with Gasteiger partial charge in [0, 0.05) is 27.5 Å². The second-order valence-electron chi connectivity index (χ2n) is 6.66. The number of hydrogen-bond acceptors (Lipinski definition) is 4. The lowest BCUT2D eigenvalue weighted by molar-refractivity contribution is 0.572. The first-order valence-corrected chi connectivity index (χ1v) is 8.94. The van der Waals surface area contributed by atoms with E-state index in [2.05, 4.69) is 10.3 Å². The van der Waals surface area contributed by atoms with Crippen LogP contribution in [0.4, 0.5) is 5.69 Å². The minimum absolute atomic E-state index is 0.157. The summed E-state index contributed by atoms with van der Waals surface area (Å²) in [5.74, 6) is 0. The highest BCUT2D eigenvalue weighted by atomic mass is 35.5. The van der Waals surface area contributed by atoms with Gasteiger partial charge in [-0.15, -0.1) is 0 Å². The molecule has 0 amide bonds. The van der Waals surface area contributed by atoms with E-state index in [1.54, 1.807) is 43.3 Å². The maximum absolute atomic E-state index is 12.7. The molecule has 0 saturated carbocycles. The quantitative estimate of drug-likeness (QED) is 0.714. The van der Waals surface area contributed by atoms with E-state index in [9.17, 15) is 14.9 Å². The van der Waals surface area contributed by atoms with Crippen molar-refractivity contribution in [2.45, 2.75) is 32.9 Å². The van der Waals surface area contributed by atoms with Gasteiger partial charge in [-0.3, -0.25) is 14.2 Å². The van der Waals surface area contributed by atoms with E-state index in [1.165, 1.54) is 4.57 Å². The Bertz CT molecular complexity index is 1170. The molecule has 3 rings (SSSR count). The molecular formula is C20H19ClN4O2. The molecule has 138 valence electrons. The van der Waals surface area contributed by atoms with Gasteiger partial charge >= 0.3 is 0 Å². The van der Waals surface area contributed by atoms with Crippen molar-refractivity contribution in [3.63, 3.8) is 0 Å². The van der Waals surface area contributed by atoms with Crippen LogP contribution in [0.1, 0.15) is 44.1 Å². The number of anilines is 1. The molecule has 2 heterocycles. The van der Waals surface area contributed by atoms with Gasteiger partial charge < -0.3 is 10.3 Å². The fraction of sp³-hybridized carbons (Fsp3) is 0.250.